The Balaban J connectivity index is 2.56. The SMILES string of the molecule is CCCCCCCCC(=O)/C(=C\C(C)=O)c1ccccc1. The molecule has 0 aliphatic rings. The van der Waals surface area contributed by atoms with Gasteiger partial charge in [0.25, 0.3) is 0 Å². The normalized spacial score (nSPS) is 11.4. The number of rotatable bonds is 10. The van der Waals surface area contributed by atoms with Gasteiger partial charge in [-0.05, 0) is 25.0 Å². The summed E-state index contributed by atoms with van der Waals surface area (Å²) >= 11 is 0. The Morgan fingerprint density at radius 1 is 0.952 bits per heavy atom. The van der Waals surface area contributed by atoms with Gasteiger partial charge in [-0.2, -0.15) is 0 Å². The van der Waals surface area contributed by atoms with Crippen molar-refractivity contribution in [2.24, 2.45) is 0 Å². The van der Waals surface area contributed by atoms with Crippen LogP contribution in [-0.2, 0) is 9.59 Å². The number of hydrogen-bond donors (Lipinski definition) is 0. The number of carbonyl (C=O) groups excluding carboxylic acids is 2. The summed E-state index contributed by atoms with van der Waals surface area (Å²) in [5.41, 5.74) is 1.39. The van der Waals surface area contributed by atoms with Gasteiger partial charge in [0.05, 0.1) is 0 Å². The van der Waals surface area contributed by atoms with E-state index in [4.69, 9.17) is 0 Å². The second-order valence-corrected chi connectivity index (χ2v) is 5.48. The van der Waals surface area contributed by atoms with Gasteiger partial charge < -0.3 is 0 Å². The van der Waals surface area contributed by atoms with Crippen molar-refractivity contribution in [3.8, 4) is 0 Å². The first kappa shape index (κ1) is 17.4. The standard InChI is InChI=1S/C19H26O2/c1-3-4-5-6-7-11-14-19(21)18(15-16(2)20)17-12-9-8-10-13-17/h8-10,12-13,15H,3-7,11,14H2,1-2H3/b18-15-. The maximum atomic E-state index is 12.3. The lowest BCUT2D eigenvalue weighted by atomic mass is 9.96. The molecule has 0 atom stereocenters. The third-order valence-electron chi connectivity index (χ3n) is 3.49. The topological polar surface area (TPSA) is 34.1 Å². The van der Waals surface area contributed by atoms with E-state index in [0.29, 0.717) is 12.0 Å². The molecule has 0 fully saturated rings. The van der Waals surface area contributed by atoms with E-state index in [0.717, 1.165) is 18.4 Å². The van der Waals surface area contributed by atoms with Gasteiger partial charge in [0.2, 0.25) is 0 Å². The summed E-state index contributed by atoms with van der Waals surface area (Å²) in [5, 5.41) is 0. The summed E-state index contributed by atoms with van der Waals surface area (Å²) in [5.74, 6) is -0.00274. The van der Waals surface area contributed by atoms with Crippen molar-refractivity contribution in [1.29, 1.82) is 0 Å². The molecule has 0 heterocycles. The smallest absolute Gasteiger partial charge is 0.163 e. The highest BCUT2D eigenvalue weighted by molar-refractivity contribution is 6.24. The van der Waals surface area contributed by atoms with Gasteiger partial charge in [0, 0.05) is 12.0 Å². The molecule has 1 aromatic rings. The first-order valence-electron chi connectivity index (χ1n) is 7.96. The largest absolute Gasteiger partial charge is 0.295 e. The number of hydrogen-bond acceptors (Lipinski definition) is 2. The van der Waals surface area contributed by atoms with E-state index in [-0.39, 0.29) is 11.6 Å². The molecule has 0 radical (unpaired) electrons. The monoisotopic (exact) mass is 286 g/mol. The molecule has 0 bridgehead atoms. The van der Waals surface area contributed by atoms with Crippen LogP contribution in [0.4, 0.5) is 0 Å². The fourth-order valence-electron chi connectivity index (χ4n) is 2.35. The summed E-state index contributed by atoms with van der Waals surface area (Å²) in [7, 11) is 0. The summed E-state index contributed by atoms with van der Waals surface area (Å²) in [6.45, 7) is 3.68. The molecule has 0 aliphatic heterocycles. The van der Waals surface area contributed by atoms with Crippen LogP contribution in [0.15, 0.2) is 36.4 Å². The highest BCUT2D eigenvalue weighted by Gasteiger charge is 2.12. The zero-order valence-electron chi connectivity index (χ0n) is 13.2. The van der Waals surface area contributed by atoms with Crippen LogP contribution in [0.3, 0.4) is 0 Å². The molecular formula is C19H26O2. The number of allylic oxidation sites excluding steroid dienone is 2. The molecule has 0 N–H and O–H groups in total. The Labute approximate surface area is 128 Å². The van der Waals surface area contributed by atoms with Crippen molar-refractivity contribution in [3.05, 3.63) is 42.0 Å². The molecule has 0 aromatic heterocycles. The van der Waals surface area contributed by atoms with Gasteiger partial charge in [-0.3, -0.25) is 9.59 Å². The number of Topliss-reactive ketones (excluding diaryl/α,β-unsaturated/α-hetero) is 1. The van der Waals surface area contributed by atoms with Crippen LogP contribution in [0.5, 0.6) is 0 Å². The van der Waals surface area contributed by atoms with Gasteiger partial charge in [0.1, 0.15) is 0 Å². The molecule has 2 nitrogen and oxygen atoms in total. The second kappa shape index (κ2) is 10.1. The Kier molecular flexibility index (Phi) is 8.34. The van der Waals surface area contributed by atoms with Crippen LogP contribution < -0.4 is 0 Å². The van der Waals surface area contributed by atoms with Crippen molar-refractivity contribution in [3.63, 3.8) is 0 Å². The summed E-state index contributed by atoms with van der Waals surface area (Å²) in [6.07, 6.45) is 8.94. The Hall–Kier alpha value is -1.70. The number of unbranched alkanes of at least 4 members (excludes halogenated alkanes) is 5. The average molecular weight is 286 g/mol. The molecule has 21 heavy (non-hydrogen) atoms. The van der Waals surface area contributed by atoms with E-state index in [9.17, 15) is 9.59 Å². The predicted molar refractivity (Wildman–Crippen MR) is 88.1 cm³/mol. The molecule has 0 saturated heterocycles. The summed E-state index contributed by atoms with van der Waals surface area (Å²) in [6, 6.07) is 9.46. The minimum Gasteiger partial charge on any atom is -0.295 e. The summed E-state index contributed by atoms with van der Waals surface area (Å²) < 4.78 is 0. The molecule has 114 valence electrons. The quantitative estimate of drug-likeness (QED) is 0.449. The second-order valence-electron chi connectivity index (χ2n) is 5.48. The first-order chi connectivity index (χ1) is 10.1. The zero-order chi connectivity index (χ0) is 15.5. The van der Waals surface area contributed by atoms with Crippen LogP contribution in [-0.4, -0.2) is 11.6 Å². The third-order valence-corrected chi connectivity index (χ3v) is 3.49. The van der Waals surface area contributed by atoms with E-state index in [1.54, 1.807) is 0 Å². The Morgan fingerprint density at radius 2 is 1.57 bits per heavy atom. The van der Waals surface area contributed by atoms with E-state index in [1.807, 2.05) is 30.3 Å². The van der Waals surface area contributed by atoms with Crippen LogP contribution in [0.1, 0.15) is 64.4 Å². The minimum atomic E-state index is -0.0786. The molecule has 0 unspecified atom stereocenters. The molecule has 0 amide bonds. The molecule has 0 aliphatic carbocycles. The number of benzene rings is 1. The maximum Gasteiger partial charge on any atom is 0.163 e. The highest BCUT2D eigenvalue weighted by Crippen LogP contribution is 2.19. The first-order valence-corrected chi connectivity index (χ1v) is 7.96. The van der Waals surface area contributed by atoms with Crippen LogP contribution in [0, 0.1) is 0 Å². The maximum absolute atomic E-state index is 12.3. The van der Waals surface area contributed by atoms with Gasteiger partial charge >= 0.3 is 0 Å². The number of ketones is 2. The average Bonchev–Trinajstić information content (AvgIpc) is 2.49. The van der Waals surface area contributed by atoms with E-state index >= 15 is 0 Å². The van der Waals surface area contributed by atoms with Crippen LogP contribution in [0.2, 0.25) is 0 Å². The Bertz CT molecular complexity index is 472. The minimum absolute atomic E-state index is 0.0758. The highest BCUT2D eigenvalue weighted by atomic mass is 16.1. The third kappa shape index (κ3) is 7.03. The van der Waals surface area contributed by atoms with Crippen LogP contribution >= 0.6 is 0 Å². The fourth-order valence-corrected chi connectivity index (χ4v) is 2.35. The van der Waals surface area contributed by atoms with Crippen LogP contribution in [0.25, 0.3) is 5.57 Å². The van der Waals surface area contributed by atoms with Crippen molar-refractivity contribution >= 4 is 17.1 Å². The number of carbonyl (C=O) groups is 2. The molecule has 0 saturated carbocycles. The molecule has 0 spiro atoms. The molecule has 2 heteroatoms. The fraction of sp³-hybridized carbons (Fsp3) is 0.474. The van der Waals surface area contributed by atoms with Crippen molar-refractivity contribution < 1.29 is 9.59 Å². The van der Waals surface area contributed by atoms with E-state index in [1.165, 1.54) is 38.7 Å². The van der Waals surface area contributed by atoms with Crippen molar-refractivity contribution in [1.82, 2.24) is 0 Å². The Morgan fingerprint density at radius 3 is 2.19 bits per heavy atom. The van der Waals surface area contributed by atoms with Gasteiger partial charge in [-0.15, -0.1) is 0 Å². The lowest BCUT2D eigenvalue weighted by Gasteiger charge is -2.07. The molecular weight excluding hydrogens is 260 g/mol. The van der Waals surface area contributed by atoms with Crippen molar-refractivity contribution in [2.45, 2.75) is 58.8 Å². The lowest BCUT2D eigenvalue weighted by molar-refractivity contribution is -0.115. The van der Waals surface area contributed by atoms with E-state index in [2.05, 4.69) is 6.92 Å². The van der Waals surface area contributed by atoms with Gasteiger partial charge in [-0.1, -0.05) is 69.4 Å². The van der Waals surface area contributed by atoms with Crippen molar-refractivity contribution in [2.75, 3.05) is 0 Å². The molecule has 1 rings (SSSR count). The molecule has 1 aromatic carbocycles. The lowest BCUT2D eigenvalue weighted by Crippen LogP contribution is -2.04. The zero-order valence-corrected chi connectivity index (χ0v) is 13.2. The summed E-state index contributed by atoms with van der Waals surface area (Å²) in [4.78, 5) is 23.7. The van der Waals surface area contributed by atoms with E-state index < -0.39 is 0 Å². The van der Waals surface area contributed by atoms with Gasteiger partial charge in [0.15, 0.2) is 11.6 Å². The van der Waals surface area contributed by atoms with Gasteiger partial charge in [-0.25, -0.2) is 0 Å². The predicted octanol–water partition coefficient (Wildman–Crippen LogP) is 4.98.